The Morgan fingerprint density at radius 3 is 1.59 bits per heavy atom. The van der Waals surface area contributed by atoms with Crippen molar-refractivity contribution in [2.75, 3.05) is 6.54 Å². The van der Waals surface area contributed by atoms with E-state index in [-0.39, 0.29) is 43.0 Å². The van der Waals surface area contributed by atoms with Crippen LogP contribution in [0.5, 0.6) is 0 Å². The van der Waals surface area contributed by atoms with Crippen LogP contribution in [0.1, 0.15) is 79.8 Å². The minimum Gasteiger partial charge on any atom is -0.481 e. The van der Waals surface area contributed by atoms with Gasteiger partial charge in [0.2, 0.25) is 0 Å². The van der Waals surface area contributed by atoms with Gasteiger partial charge in [-0.15, -0.1) is 0 Å². The molecule has 0 saturated heterocycles. The molecule has 0 aromatic heterocycles. The second kappa shape index (κ2) is 14.5. The van der Waals surface area contributed by atoms with Gasteiger partial charge in [-0.25, -0.2) is 0 Å². The molecular formula is C34H36F9NO2. The molecule has 46 heavy (non-hydrogen) atoms. The molecular weight excluding hydrogens is 625 g/mol. The van der Waals surface area contributed by atoms with E-state index in [0.29, 0.717) is 47.4 Å². The number of halogens is 9. The first-order valence-electron chi connectivity index (χ1n) is 14.7. The van der Waals surface area contributed by atoms with E-state index in [1.54, 1.807) is 23.1 Å². The van der Waals surface area contributed by atoms with E-state index < -0.39 is 47.1 Å². The Kier molecular flexibility index (Phi) is 11.6. The highest BCUT2D eigenvalue weighted by atomic mass is 19.4. The molecule has 0 aliphatic carbocycles. The van der Waals surface area contributed by atoms with Crippen LogP contribution in [0.15, 0.2) is 60.7 Å². The molecule has 0 heterocycles. The molecule has 3 rings (SSSR count). The first-order valence-corrected chi connectivity index (χ1v) is 14.7. The van der Waals surface area contributed by atoms with Gasteiger partial charge in [0.25, 0.3) is 0 Å². The summed E-state index contributed by atoms with van der Waals surface area (Å²) in [6.07, 6.45) is -13.8. The van der Waals surface area contributed by atoms with Crippen molar-refractivity contribution in [3.63, 3.8) is 0 Å². The first-order chi connectivity index (χ1) is 21.1. The largest absolute Gasteiger partial charge is 0.481 e. The molecule has 0 radical (unpaired) electrons. The number of hydrogen-bond donors (Lipinski definition) is 1. The molecule has 1 N–H and O–H groups in total. The zero-order valence-electron chi connectivity index (χ0n) is 25.7. The van der Waals surface area contributed by atoms with E-state index in [1.807, 2.05) is 27.7 Å². The van der Waals surface area contributed by atoms with Crippen molar-refractivity contribution in [3.8, 4) is 11.1 Å². The zero-order chi connectivity index (χ0) is 34.6. The molecule has 0 bridgehead atoms. The van der Waals surface area contributed by atoms with Crippen molar-refractivity contribution in [1.29, 1.82) is 0 Å². The number of nitrogens with zero attached hydrogens (tertiary/aromatic N) is 1. The third-order valence-corrected chi connectivity index (χ3v) is 7.45. The summed E-state index contributed by atoms with van der Waals surface area (Å²) in [5.41, 5.74) is -2.21. The van der Waals surface area contributed by atoms with Crippen molar-refractivity contribution in [2.45, 2.75) is 78.1 Å². The third-order valence-electron chi connectivity index (χ3n) is 7.45. The fraction of sp³-hybridized carbons (Fsp3) is 0.441. The Bertz CT molecular complexity index is 1440. The van der Waals surface area contributed by atoms with Crippen LogP contribution in [0, 0.1) is 11.8 Å². The standard InChI is InChI=1S/C34H36F9NO2/c1-20(2)9-10-44(19-23-14-28(33(38,39)40)17-29(15-23)34(41,42)43)18-22-12-25(24-5-7-27(8-6-24)32(35,36)37)16-26(13-22)30(31(45)46)11-21(3)4/h5-8,12-17,20-21,30H,9-11,18-19H2,1-4H3,(H,45,46). The summed E-state index contributed by atoms with van der Waals surface area (Å²) < 4.78 is 121. The zero-order valence-corrected chi connectivity index (χ0v) is 25.7. The van der Waals surface area contributed by atoms with Gasteiger partial charge in [0.15, 0.2) is 0 Å². The van der Waals surface area contributed by atoms with Crippen molar-refractivity contribution < 1.29 is 49.4 Å². The highest BCUT2D eigenvalue weighted by Gasteiger charge is 2.37. The summed E-state index contributed by atoms with van der Waals surface area (Å²) >= 11 is 0. The maximum absolute atomic E-state index is 13.6. The number of benzene rings is 3. The van der Waals surface area contributed by atoms with Gasteiger partial charge in [0.05, 0.1) is 22.6 Å². The number of carbonyl (C=O) groups is 1. The van der Waals surface area contributed by atoms with Gasteiger partial charge in [0.1, 0.15) is 0 Å². The normalized spacial score (nSPS) is 13.6. The summed E-state index contributed by atoms with van der Waals surface area (Å²) in [6, 6.07) is 10.7. The molecule has 0 spiro atoms. The minimum atomic E-state index is -5.01. The fourth-order valence-corrected chi connectivity index (χ4v) is 5.16. The van der Waals surface area contributed by atoms with E-state index in [4.69, 9.17) is 0 Å². The second-order valence-electron chi connectivity index (χ2n) is 12.4. The van der Waals surface area contributed by atoms with Crippen molar-refractivity contribution in [3.05, 3.63) is 94.0 Å². The van der Waals surface area contributed by atoms with Gasteiger partial charge in [-0.1, -0.05) is 52.0 Å². The number of alkyl halides is 9. The molecule has 252 valence electrons. The number of rotatable bonds is 12. The molecule has 0 aliphatic heterocycles. The van der Waals surface area contributed by atoms with E-state index in [9.17, 15) is 49.4 Å². The fourth-order valence-electron chi connectivity index (χ4n) is 5.16. The topological polar surface area (TPSA) is 40.5 Å². The van der Waals surface area contributed by atoms with E-state index >= 15 is 0 Å². The minimum absolute atomic E-state index is 0.0226. The summed E-state index contributed by atoms with van der Waals surface area (Å²) in [5, 5.41) is 10.0. The van der Waals surface area contributed by atoms with Crippen molar-refractivity contribution in [2.24, 2.45) is 11.8 Å². The van der Waals surface area contributed by atoms with Crippen molar-refractivity contribution >= 4 is 5.97 Å². The number of carboxylic acid groups (broad SMARTS) is 1. The lowest BCUT2D eigenvalue weighted by molar-refractivity contribution is -0.143. The van der Waals surface area contributed by atoms with Gasteiger partial charge in [-0.05, 0) is 95.4 Å². The first kappa shape index (κ1) is 36.9. The lowest BCUT2D eigenvalue weighted by atomic mass is 9.87. The Morgan fingerprint density at radius 2 is 1.15 bits per heavy atom. The number of carboxylic acids is 1. The lowest BCUT2D eigenvalue weighted by Gasteiger charge is -2.26. The van der Waals surface area contributed by atoms with Crippen LogP contribution in [0.2, 0.25) is 0 Å². The molecule has 1 atom stereocenters. The molecule has 3 nitrogen and oxygen atoms in total. The van der Waals surface area contributed by atoms with Crippen LogP contribution in [0.3, 0.4) is 0 Å². The monoisotopic (exact) mass is 661 g/mol. The van der Waals surface area contributed by atoms with Crippen LogP contribution in [-0.2, 0) is 36.4 Å². The third kappa shape index (κ3) is 10.5. The molecule has 0 amide bonds. The Morgan fingerprint density at radius 1 is 0.652 bits per heavy atom. The predicted molar refractivity (Wildman–Crippen MR) is 157 cm³/mol. The van der Waals surface area contributed by atoms with Crippen LogP contribution in [0.25, 0.3) is 11.1 Å². The maximum Gasteiger partial charge on any atom is 0.416 e. The highest BCUT2D eigenvalue weighted by Crippen LogP contribution is 2.37. The van der Waals surface area contributed by atoms with Gasteiger partial charge >= 0.3 is 24.5 Å². The molecule has 1 unspecified atom stereocenters. The van der Waals surface area contributed by atoms with E-state index in [1.165, 1.54) is 12.1 Å². The highest BCUT2D eigenvalue weighted by molar-refractivity contribution is 5.77. The second-order valence-corrected chi connectivity index (χ2v) is 12.4. The average Bonchev–Trinajstić information content (AvgIpc) is 2.92. The average molecular weight is 662 g/mol. The Hall–Kier alpha value is -3.54. The summed E-state index contributed by atoms with van der Waals surface area (Å²) in [6.45, 7) is 7.56. The van der Waals surface area contributed by atoms with Gasteiger partial charge in [-0.3, -0.25) is 9.69 Å². The van der Waals surface area contributed by atoms with Crippen LogP contribution in [0.4, 0.5) is 39.5 Å². The maximum atomic E-state index is 13.6. The SMILES string of the molecule is CC(C)CCN(Cc1cc(-c2ccc(C(F)(F)F)cc2)cc(C(CC(C)C)C(=O)O)c1)Cc1cc(C(F)(F)F)cc(C(F)(F)F)c1. The van der Waals surface area contributed by atoms with Gasteiger partial charge < -0.3 is 5.11 Å². The lowest BCUT2D eigenvalue weighted by Crippen LogP contribution is -2.26. The summed E-state index contributed by atoms with van der Waals surface area (Å²) in [5.74, 6) is -1.95. The van der Waals surface area contributed by atoms with Crippen LogP contribution >= 0.6 is 0 Å². The number of aliphatic carboxylic acids is 1. The quantitative estimate of drug-likeness (QED) is 0.196. The number of hydrogen-bond acceptors (Lipinski definition) is 2. The summed E-state index contributed by atoms with van der Waals surface area (Å²) in [7, 11) is 0. The molecule has 3 aromatic carbocycles. The summed E-state index contributed by atoms with van der Waals surface area (Å²) in [4.78, 5) is 14.0. The van der Waals surface area contributed by atoms with Crippen LogP contribution < -0.4 is 0 Å². The van der Waals surface area contributed by atoms with Crippen molar-refractivity contribution in [1.82, 2.24) is 4.90 Å². The van der Waals surface area contributed by atoms with E-state index in [2.05, 4.69) is 0 Å². The molecule has 0 fully saturated rings. The molecule has 12 heteroatoms. The molecule has 0 saturated carbocycles. The van der Waals surface area contributed by atoms with Gasteiger partial charge in [-0.2, -0.15) is 39.5 Å². The Balaban J connectivity index is 2.12. The molecule has 3 aromatic rings. The smallest absolute Gasteiger partial charge is 0.416 e. The predicted octanol–water partition coefficient (Wildman–Crippen LogP) is 10.7. The Labute approximate surface area is 262 Å². The van der Waals surface area contributed by atoms with Gasteiger partial charge in [0, 0.05) is 13.1 Å². The van der Waals surface area contributed by atoms with Crippen LogP contribution in [-0.4, -0.2) is 22.5 Å². The van der Waals surface area contributed by atoms with E-state index in [0.717, 1.165) is 12.1 Å². The molecule has 0 aliphatic rings.